The molecule has 196 valence electrons. The van der Waals surface area contributed by atoms with Crippen LogP contribution in [0.2, 0.25) is 0 Å². The summed E-state index contributed by atoms with van der Waals surface area (Å²) in [5.41, 5.74) is 2.23. The van der Waals surface area contributed by atoms with Crippen LogP contribution in [0.5, 0.6) is 5.75 Å². The number of para-hydroxylation sites is 2. The summed E-state index contributed by atoms with van der Waals surface area (Å²) in [6.45, 7) is 4.68. The number of methoxy groups -OCH3 is 1. The molecule has 1 saturated heterocycles. The maximum atomic E-state index is 13.6. The standard InChI is InChI=1S/C29H36N4O4/c1-18(2)14-24(33-29(36)25-17-19-8-4-6-10-23(19)32-25)28(35)31-22(16-21-12-13-30-27(21)34)15-20-9-5-7-11-26(20)37-3/h4-11,17-18,21-22,24,32H,12-16H2,1-3H3,(H,30,34)(H,31,35)(H,33,36)/t21-,22+,24-/m0/s1. The number of hydrogen-bond donors (Lipinski definition) is 4. The quantitative estimate of drug-likeness (QED) is 0.320. The SMILES string of the molecule is COc1ccccc1C[C@H](C[C@@H]1CCNC1=O)NC(=O)[C@H](CC(C)C)NC(=O)c1cc2ccccc2[nH]1. The maximum absolute atomic E-state index is 13.6. The number of carbonyl (C=O) groups is 3. The Morgan fingerprint density at radius 1 is 1.08 bits per heavy atom. The monoisotopic (exact) mass is 504 g/mol. The minimum atomic E-state index is -0.712. The predicted molar refractivity (Wildman–Crippen MR) is 143 cm³/mol. The van der Waals surface area contributed by atoms with Crippen LogP contribution in [0.1, 0.15) is 49.2 Å². The zero-order chi connectivity index (χ0) is 26.4. The van der Waals surface area contributed by atoms with E-state index >= 15 is 0 Å². The smallest absolute Gasteiger partial charge is 0.268 e. The van der Waals surface area contributed by atoms with E-state index in [4.69, 9.17) is 4.74 Å². The number of fused-ring (bicyclic) bond motifs is 1. The highest BCUT2D eigenvalue weighted by Gasteiger charge is 2.31. The Morgan fingerprint density at radius 2 is 1.84 bits per heavy atom. The second-order valence-electron chi connectivity index (χ2n) is 10.2. The average molecular weight is 505 g/mol. The largest absolute Gasteiger partial charge is 0.496 e. The summed E-state index contributed by atoms with van der Waals surface area (Å²) in [7, 11) is 1.62. The Morgan fingerprint density at radius 3 is 2.54 bits per heavy atom. The number of rotatable bonds is 11. The van der Waals surface area contributed by atoms with E-state index in [0.29, 0.717) is 31.5 Å². The average Bonchev–Trinajstić information content (AvgIpc) is 3.49. The molecule has 8 nitrogen and oxygen atoms in total. The molecule has 37 heavy (non-hydrogen) atoms. The molecule has 1 aliphatic rings. The molecular weight excluding hydrogens is 468 g/mol. The lowest BCUT2D eigenvalue weighted by Gasteiger charge is -2.26. The summed E-state index contributed by atoms with van der Waals surface area (Å²) in [6, 6.07) is 16.1. The minimum Gasteiger partial charge on any atom is -0.496 e. The van der Waals surface area contributed by atoms with E-state index in [1.54, 1.807) is 13.2 Å². The van der Waals surface area contributed by atoms with Gasteiger partial charge >= 0.3 is 0 Å². The summed E-state index contributed by atoms with van der Waals surface area (Å²) in [5, 5.41) is 9.90. The zero-order valence-corrected chi connectivity index (χ0v) is 21.7. The van der Waals surface area contributed by atoms with Crippen LogP contribution in [0.25, 0.3) is 10.9 Å². The summed E-state index contributed by atoms with van der Waals surface area (Å²) in [5.74, 6) is 0.204. The first-order chi connectivity index (χ1) is 17.8. The second-order valence-corrected chi connectivity index (χ2v) is 10.2. The van der Waals surface area contributed by atoms with Crippen LogP contribution in [0.4, 0.5) is 0 Å². The molecule has 1 aromatic heterocycles. The van der Waals surface area contributed by atoms with Crippen molar-refractivity contribution in [1.82, 2.24) is 20.9 Å². The van der Waals surface area contributed by atoms with Crippen molar-refractivity contribution in [3.05, 3.63) is 65.9 Å². The molecule has 0 bridgehead atoms. The van der Waals surface area contributed by atoms with Crippen LogP contribution in [-0.4, -0.2) is 48.4 Å². The fraction of sp³-hybridized carbons (Fsp3) is 0.414. The lowest BCUT2D eigenvalue weighted by atomic mass is 9.93. The Balaban J connectivity index is 1.51. The van der Waals surface area contributed by atoms with Gasteiger partial charge in [-0.05, 0) is 55.4 Å². The van der Waals surface area contributed by atoms with E-state index in [1.807, 2.05) is 62.4 Å². The van der Waals surface area contributed by atoms with Crippen molar-refractivity contribution in [3.8, 4) is 5.75 Å². The van der Waals surface area contributed by atoms with Crippen molar-refractivity contribution in [2.45, 2.75) is 51.6 Å². The van der Waals surface area contributed by atoms with Crippen molar-refractivity contribution < 1.29 is 19.1 Å². The molecule has 3 aromatic rings. The van der Waals surface area contributed by atoms with Crippen molar-refractivity contribution in [3.63, 3.8) is 0 Å². The van der Waals surface area contributed by atoms with Crippen molar-refractivity contribution in [1.29, 1.82) is 0 Å². The highest BCUT2D eigenvalue weighted by atomic mass is 16.5. The first kappa shape index (κ1) is 26.3. The summed E-state index contributed by atoms with van der Waals surface area (Å²) in [6.07, 6.45) is 2.26. The lowest BCUT2D eigenvalue weighted by molar-refractivity contribution is -0.126. The van der Waals surface area contributed by atoms with E-state index in [-0.39, 0.29) is 35.6 Å². The first-order valence-corrected chi connectivity index (χ1v) is 12.9. The van der Waals surface area contributed by atoms with Crippen LogP contribution < -0.4 is 20.7 Å². The molecule has 2 heterocycles. The van der Waals surface area contributed by atoms with Crippen molar-refractivity contribution >= 4 is 28.6 Å². The van der Waals surface area contributed by atoms with Gasteiger partial charge in [0.1, 0.15) is 17.5 Å². The van der Waals surface area contributed by atoms with Crippen LogP contribution in [0, 0.1) is 11.8 Å². The molecule has 0 unspecified atom stereocenters. The summed E-state index contributed by atoms with van der Waals surface area (Å²) in [4.78, 5) is 42.1. The van der Waals surface area contributed by atoms with Crippen LogP contribution in [-0.2, 0) is 16.0 Å². The Labute approximate surface area is 217 Å². The number of benzene rings is 2. The van der Waals surface area contributed by atoms with Crippen molar-refractivity contribution in [2.24, 2.45) is 11.8 Å². The molecule has 2 aromatic carbocycles. The fourth-order valence-electron chi connectivity index (χ4n) is 4.98. The third-order valence-electron chi connectivity index (χ3n) is 6.84. The molecule has 1 fully saturated rings. The predicted octanol–water partition coefficient (Wildman–Crippen LogP) is 3.57. The Hall–Kier alpha value is -3.81. The second kappa shape index (κ2) is 12.0. The van der Waals surface area contributed by atoms with Gasteiger partial charge in [-0.1, -0.05) is 50.2 Å². The van der Waals surface area contributed by atoms with Crippen LogP contribution in [0.3, 0.4) is 0 Å². The fourth-order valence-corrected chi connectivity index (χ4v) is 4.98. The highest BCUT2D eigenvalue weighted by molar-refractivity contribution is 6.00. The molecule has 0 radical (unpaired) electrons. The number of aromatic amines is 1. The highest BCUT2D eigenvalue weighted by Crippen LogP contribution is 2.24. The van der Waals surface area contributed by atoms with Gasteiger partial charge in [-0.3, -0.25) is 14.4 Å². The molecule has 3 amide bonds. The van der Waals surface area contributed by atoms with Gasteiger partial charge in [0, 0.05) is 29.4 Å². The molecule has 4 rings (SSSR count). The molecular formula is C29H36N4O4. The van der Waals surface area contributed by atoms with E-state index in [1.165, 1.54) is 0 Å². The van der Waals surface area contributed by atoms with Gasteiger partial charge in [-0.15, -0.1) is 0 Å². The van der Waals surface area contributed by atoms with Crippen LogP contribution >= 0.6 is 0 Å². The summed E-state index contributed by atoms with van der Waals surface area (Å²) < 4.78 is 5.52. The Bertz CT molecular complexity index is 1220. The molecule has 4 N–H and O–H groups in total. The van der Waals surface area contributed by atoms with Gasteiger partial charge in [0.05, 0.1) is 7.11 Å². The number of amides is 3. The molecule has 0 saturated carbocycles. The normalized spacial score (nSPS) is 16.9. The number of hydrogen-bond acceptors (Lipinski definition) is 4. The molecule has 0 aliphatic carbocycles. The number of H-pyrrole nitrogens is 1. The number of carbonyl (C=O) groups excluding carboxylic acids is 3. The topological polar surface area (TPSA) is 112 Å². The summed E-state index contributed by atoms with van der Waals surface area (Å²) >= 11 is 0. The van der Waals surface area contributed by atoms with Gasteiger partial charge in [0.15, 0.2) is 0 Å². The number of nitrogens with one attached hydrogen (secondary N) is 4. The maximum Gasteiger partial charge on any atom is 0.268 e. The number of aromatic nitrogens is 1. The third kappa shape index (κ3) is 6.70. The first-order valence-electron chi connectivity index (χ1n) is 12.9. The molecule has 3 atom stereocenters. The number of ether oxygens (including phenoxy) is 1. The third-order valence-corrected chi connectivity index (χ3v) is 6.84. The van der Waals surface area contributed by atoms with Crippen LogP contribution in [0.15, 0.2) is 54.6 Å². The molecule has 0 spiro atoms. The molecule has 1 aliphatic heterocycles. The minimum absolute atomic E-state index is 0.0186. The van der Waals surface area contributed by atoms with E-state index in [2.05, 4.69) is 20.9 Å². The van der Waals surface area contributed by atoms with Gasteiger partial charge < -0.3 is 25.7 Å². The lowest BCUT2D eigenvalue weighted by Crippen LogP contribution is -2.51. The van der Waals surface area contributed by atoms with E-state index in [0.717, 1.165) is 28.6 Å². The van der Waals surface area contributed by atoms with Gasteiger partial charge in [-0.25, -0.2) is 0 Å². The van der Waals surface area contributed by atoms with Crippen molar-refractivity contribution in [2.75, 3.05) is 13.7 Å². The van der Waals surface area contributed by atoms with E-state index in [9.17, 15) is 14.4 Å². The van der Waals surface area contributed by atoms with E-state index < -0.39 is 6.04 Å². The zero-order valence-electron chi connectivity index (χ0n) is 21.7. The Kier molecular flexibility index (Phi) is 8.48. The van der Waals surface area contributed by atoms with Gasteiger partial charge in [0.2, 0.25) is 11.8 Å². The molecule has 8 heteroatoms. The van der Waals surface area contributed by atoms with Gasteiger partial charge in [-0.2, -0.15) is 0 Å². The van der Waals surface area contributed by atoms with Gasteiger partial charge in [0.25, 0.3) is 5.91 Å².